The zero-order chi connectivity index (χ0) is 18.2. The molecule has 0 bridgehead atoms. The van der Waals surface area contributed by atoms with Gasteiger partial charge in [-0.05, 0) is 36.8 Å². The number of benzene rings is 2. The zero-order valence-corrected chi connectivity index (χ0v) is 15.8. The summed E-state index contributed by atoms with van der Waals surface area (Å²) in [6, 6.07) is 14.2. The summed E-state index contributed by atoms with van der Waals surface area (Å²) in [5, 5.41) is 0.0151. The van der Waals surface area contributed by atoms with Gasteiger partial charge in [-0.1, -0.05) is 41.4 Å². The minimum absolute atomic E-state index is 0.207. The topological polar surface area (TPSA) is 69.4 Å². The van der Waals surface area contributed by atoms with Gasteiger partial charge in [0, 0.05) is 30.0 Å². The predicted octanol–water partition coefficient (Wildman–Crippen LogP) is 3.18. The molecule has 134 valence electrons. The van der Waals surface area contributed by atoms with Crippen LogP contribution < -0.4 is 5.73 Å². The van der Waals surface area contributed by atoms with Gasteiger partial charge in [0.15, 0.2) is 9.84 Å². The number of aryl methyl sites for hydroxylation is 1. The minimum Gasteiger partial charge on any atom is -0.384 e. The molecule has 2 aromatic carbocycles. The number of halogens is 1. The summed E-state index contributed by atoms with van der Waals surface area (Å²) >= 11 is 5.97. The summed E-state index contributed by atoms with van der Waals surface area (Å²) in [4.78, 5) is 0.327. The highest BCUT2D eigenvalue weighted by Crippen LogP contribution is 2.63. The molecule has 25 heavy (non-hydrogen) atoms. The van der Waals surface area contributed by atoms with Crippen LogP contribution in [0.25, 0.3) is 0 Å². The smallest absolute Gasteiger partial charge is 0.182 e. The molecule has 0 unspecified atom stereocenters. The largest absolute Gasteiger partial charge is 0.384 e. The molecule has 6 heteroatoms. The molecule has 0 aromatic heterocycles. The van der Waals surface area contributed by atoms with E-state index in [2.05, 4.69) is 0 Å². The molecule has 0 saturated heterocycles. The van der Waals surface area contributed by atoms with Gasteiger partial charge in [0.25, 0.3) is 0 Å². The first kappa shape index (κ1) is 18.4. The average molecular weight is 380 g/mol. The van der Waals surface area contributed by atoms with Crippen LogP contribution in [0.3, 0.4) is 0 Å². The molecular formula is C19H22ClNO3S. The Bertz CT molecular complexity index is 849. The van der Waals surface area contributed by atoms with Crippen molar-refractivity contribution in [3.8, 4) is 0 Å². The van der Waals surface area contributed by atoms with E-state index in [1.807, 2.05) is 31.2 Å². The van der Waals surface area contributed by atoms with E-state index in [0.717, 1.165) is 11.1 Å². The standard InChI is InChI=1S/C19H22ClNO3S/c1-13-3-9-16(10-4-13)25(22,23)18-17(19(18,11-21)12-24-2)14-5-7-15(20)8-6-14/h3-10,17-18H,11-12,21H2,1-2H3/t17-,18-,19-/m0/s1. The second-order valence-electron chi connectivity index (χ2n) is 6.68. The van der Waals surface area contributed by atoms with Crippen LogP contribution in [-0.2, 0) is 14.6 Å². The lowest BCUT2D eigenvalue weighted by atomic mass is 10.0. The quantitative estimate of drug-likeness (QED) is 0.836. The zero-order valence-electron chi connectivity index (χ0n) is 14.3. The maximum absolute atomic E-state index is 13.3. The lowest BCUT2D eigenvalue weighted by Crippen LogP contribution is -2.28. The Morgan fingerprint density at radius 2 is 1.72 bits per heavy atom. The number of ether oxygens (including phenoxy) is 1. The van der Waals surface area contributed by atoms with Crippen molar-refractivity contribution in [1.82, 2.24) is 0 Å². The molecule has 1 aliphatic rings. The van der Waals surface area contributed by atoms with Crippen molar-refractivity contribution in [1.29, 1.82) is 0 Å². The first-order valence-corrected chi connectivity index (χ1v) is 10.0. The number of sulfone groups is 1. The van der Waals surface area contributed by atoms with Gasteiger partial charge in [-0.3, -0.25) is 0 Å². The fourth-order valence-electron chi connectivity index (χ4n) is 3.74. The van der Waals surface area contributed by atoms with Crippen LogP contribution in [0, 0.1) is 12.3 Å². The lowest BCUT2D eigenvalue weighted by molar-refractivity contribution is 0.142. The molecule has 4 nitrogen and oxygen atoms in total. The van der Waals surface area contributed by atoms with Crippen LogP contribution in [0.4, 0.5) is 0 Å². The molecule has 1 saturated carbocycles. The van der Waals surface area contributed by atoms with E-state index in [1.165, 1.54) is 0 Å². The molecule has 3 rings (SSSR count). The maximum Gasteiger partial charge on any atom is 0.182 e. The van der Waals surface area contributed by atoms with Crippen molar-refractivity contribution >= 4 is 21.4 Å². The van der Waals surface area contributed by atoms with Crippen molar-refractivity contribution in [2.24, 2.45) is 11.1 Å². The van der Waals surface area contributed by atoms with Gasteiger partial charge in [0.2, 0.25) is 0 Å². The van der Waals surface area contributed by atoms with Gasteiger partial charge in [-0.2, -0.15) is 0 Å². The van der Waals surface area contributed by atoms with Crippen LogP contribution in [0.15, 0.2) is 53.4 Å². The van der Waals surface area contributed by atoms with Gasteiger partial charge < -0.3 is 10.5 Å². The van der Waals surface area contributed by atoms with Gasteiger partial charge >= 0.3 is 0 Å². The molecular weight excluding hydrogens is 358 g/mol. The Balaban J connectivity index is 2.05. The van der Waals surface area contributed by atoms with E-state index < -0.39 is 20.5 Å². The van der Waals surface area contributed by atoms with E-state index in [0.29, 0.717) is 16.5 Å². The number of hydrogen-bond donors (Lipinski definition) is 1. The normalized spacial score (nSPS) is 25.8. The van der Waals surface area contributed by atoms with E-state index in [1.54, 1.807) is 31.4 Å². The van der Waals surface area contributed by atoms with Crippen molar-refractivity contribution in [3.63, 3.8) is 0 Å². The third-order valence-corrected chi connectivity index (χ3v) is 7.68. The summed E-state index contributed by atoms with van der Waals surface area (Å²) in [5.41, 5.74) is 7.36. The Hall–Kier alpha value is -1.40. The van der Waals surface area contributed by atoms with Gasteiger partial charge in [-0.15, -0.1) is 0 Å². The van der Waals surface area contributed by atoms with Crippen LogP contribution in [-0.4, -0.2) is 33.9 Å². The molecule has 2 N–H and O–H groups in total. The van der Waals surface area contributed by atoms with E-state index in [-0.39, 0.29) is 12.5 Å². The van der Waals surface area contributed by atoms with Gasteiger partial charge in [0.1, 0.15) is 0 Å². The second-order valence-corrected chi connectivity index (χ2v) is 9.18. The van der Waals surface area contributed by atoms with Crippen LogP contribution in [0.1, 0.15) is 17.0 Å². The molecule has 0 amide bonds. The van der Waals surface area contributed by atoms with Gasteiger partial charge in [-0.25, -0.2) is 8.42 Å². The van der Waals surface area contributed by atoms with Crippen molar-refractivity contribution in [3.05, 3.63) is 64.7 Å². The van der Waals surface area contributed by atoms with E-state index >= 15 is 0 Å². The Morgan fingerprint density at radius 1 is 1.12 bits per heavy atom. The number of methoxy groups -OCH3 is 1. The summed E-state index contributed by atoms with van der Waals surface area (Å²) < 4.78 is 31.9. The summed E-state index contributed by atoms with van der Waals surface area (Å²) in [6.07, 6.45) is 0. The van der Waals surface area contributed by atoms with Crippen LogP contribution >= 0.6 is 11.6 Å². The molecule has 1 aliphatic carbocycles. The van der Waals surface area contributed by atoms with Gasteiger partial charge in [0.05, 0.1) is 16.8 Å². The van der Waals surface area contributed by atoms with E-state index in [4.69, 9.17) is 22.1 Å². The fourth-order valence-corrected chi connectivity index (χ4v) is 6.31. The lowest BCUT2D eigenvalue weighted by Gasteiger charge is -2.15. The van der Waals surface area contributed by atoms with Crippen molar-refractivity contribution < 1.29 is 13.2 Å². The van der Waals surface area contributed by atoms with Crippen LogP contribution in [0.2, 0.25) is 5.02 Å². The second kappa shape index (κ2) is 6.72. The molecule has 0 aliphatic heterocycles. The monoisotopic (exact) mass is 379 g/mol. The predicted molar refractivity (Wildman–Crippen MR) is 99.7 cm³/mol. The highest BCUT2D eigenvalue weighted by Gasteiger charge is 2.70. The summed E-state index contributed by atoms with van der Waals surface area (Å²) in [7, 11) is -1.95. The van der Waals surface area contributed by atoms with Crippen molar-refractivity contribution in [2.75, 3.05) is 20.3 Å². The third-order valence-electron chi connectivity index (χ3n) is 5.09. The SMILES string of the molecule is COC[C@@]1(CN)[C@@H](c2ccc(Cl)cc2)[C@@H]1S(=O)(=O)c1ccc(C)cc1. The first-order chi connectivity index (χ1) is 11.9. The first-order valence-electron chi connectivity index (χ1n) is 8.12. The Kier molecular flexibility index (Phi) is 4.95. The third kappa shape index (κ3) is 3.10. The molecule has 0 radical (unpaired) electrons. The maximum atomic E-state index is 13.3. The summed E-state index contributed by atoms with van der Waals surface area (Å²) in [6.45, 7) is 2.47. The van der Waals surface area contributed by atoms with Crippen molar-refractivity contribution in [2.45, 2.75) is 23.0 Å². The highest BCUT2D eigenvalue weighted by atomic mass is 35.5. The molecule has 0 spiro atoms. The molecule has 3 atom stereocenters. The Morgan fingerprint density at radius 3 is 2.24 bits per heavy atom. The highest BCUT2D eigenvalue weighted by molar-refractivity contribution is 7.92. The summed E-state index contributed by atoms with van der Waals surface area (Å²) in [5.74, 6) is -0.207. The number of rotatable bonds is 6. The number of hydrogen-bond acceptors (Lipinski definition) is 4. The average Bonchev–Trinajstić information content (AvgIpc) is 3.26. The minimum atomic E-state index is -3.52. The molecule has 2 aromatic rings. The Labute approximate surface area is 153 Å². The number of nitrogens with two attached hydrogens (primary N) is 1. The molecule has 0 heterocycles. The van der Waals surface area contributed by atoms with E-state index in [9.17, 15) is 8.42 Å². The molecule has 1 fully saturated rings. The van der Waals surface area contributed by atoms with Crippen LogP contribution in [0.5, 0.6) is 0 Å². The fraction of sp³-hybridized carbons (Fsp3) is 0.368.